The molecule has 0 N–H and O–H groups in total. The van der Waals surface area contributed by atoms with Crippen LogP contribution in [0.2, 0.25) is 0 Å². The topological polar surface area (TPSA) is 27.7 Å². The fourth-order valence-electron chi connectivity index (χ4n) is 1.80. The first-order chi connectivity index (χ1) is 5.62. The minimum atomic E-state index is -0.318. The fourth-order valence-corrected chi connectivity index (χ4v) is 1.80. The van der Waals surface area contributed by atoms with Gasteiger partial charge in [-0.15, -0.1) is 0 Å². The van der Waals surface area contributed by atoms with Gasteiger partial charge in [0.05, 0.1) is 25.4 Å². The van der Waals surface area contributed by atoms with Gasteiger partial charge < -0.3 is 14.2 Å². The Hall–Kier alpha value is -0.120. The molecule has 2 heterocycles. The fraction of sp³-hybridized carbons (Fsp3) is 1.00. The molecule has 2 rings (SSSR count). The second-order valence-corrected chi connectivity index (χ2v) is 4.17. The average Bonchev–Trinajstić information content (AvgIpc) is 2.29. The second-order valence-electron chi connectivity index (χ2n) is 4.17. The van der Waals surface area contributed by atoms with Gasteiger partial charge in [0.2, 0.25) is 0 Å². The van der Waals surface area contributed by atoms with Crippen LogP contribution in [0, 0.1) is 0 Å². The van der Waals surface area contributed by atoms with Crippen molar-refractivity contribution in [3.63, 3.8) is 0 Å². The van der Waals surface area contributed by atoms with Gasteiger partial charge >= 0.3 is 0 Å². The molecule has 2 saturated heterocycles. The highest BCUT2D eigenvalue weighted by molar-refractivity contribution is 4.85. The third kappa shape index (κ3) is 1.49. The highest BCUT2D eigenvalue weighted by Crippen LogP contribution is 2.37. The molecule has 2 aliphatic rings. The summed E-state index contributed by atoms with van der Waals surface area (Å²) in [6.07, 6.45) is 1.74. The molecular weight excluding hydrogens is 156 g/mol. The summed E-state index contributed by atoms with van der Waals surface area (Å²) in [6.45, 7) is 6.35. The maximum atomic E-state index is 5.88. The first kappa shape index (κ1) is 8.48. The van der Waals surface area contributed by atoms with Gasteiger partial charge in [-0.05, 0) is 13.8 Å². The Morgan fingerprint density at radius 1 is 1.08 bits per heavy atom. The Balaban J connectivity index is 2.03. The van der Waals surface area contributed by atoms with E-state index in [9.17, 15) is 0 Å². The van der Waals surface area contributed by atoms with E-state index in [0.717, 1.165) is 26.1 Å². The minimum absolute atomic E-state index is 0.114. The average molecular weight is 172 g/mol. The summed E-state index contributed by atoms with van der Waals surface area (Å²) in [5.74, 6) is -0.318. The van der Waals surface area contributed by atoms with E-state index in [1.165, 1.54) is 0 Å². The van der Waals surface area contributed by atoms with Crippen molar-refractivity contribution in [1.29, 1.82) is 0 Å². The predicted octanol–water partition coefficient (Wildman–Crippen LogP) is 1.32. The molecule has 0 atom stereocenters. The van der Waals surface area contributed by atoms with Crippen LogP contribution in [0.5, 0.6) is 0 Å². The number of hydrogen-bond acceptors (Lipinski definition) is 3. The maximum absolute atomic E-state index is 5.88. The van der Waals surface area contributed by atoms with Crippen molar-refractivity contribution in [2.75, 3.05) is 19.8 Å². The van der Waals surface area contributed by atoms with E-state index in [1.807, 2.05) is 0 Å². The molecule has 12 heavy (non-hydrogen) atoms. The lowest BCUT2D eigenvalue weighted by Gasteiger charge is -2.32. The van der Waals surface area contributed by atoms with Crippen LogP contribution in [-0.2, 0) is 14.2 Å². The summed E-state index contributed by atoms with van der Waals surface area (Å²) < 4.78 is 16.8. The van der Waals surface area contributed by atoms with Crippen LogP contribution in [0.25, 0.3) is 0 Å². The zero-order valence-electron chi connectivity index (χ0n) is 7.76. The summed E-state index contributed by atoms with van der Waals surface area (Å²) in [4.78, 5) is 0. The van der Waals surface area contributed by atoms with E-state index in [2.05, 4.69) is 13.8 Å². The smallest absolute Gasteiger partial charge is 0.173 e. The zero-order chi connectivity index (χ0) is 8.66. The molecule has 3 nitrogen and oxygen atoms in total. The lowest BCUT2D eigenvalue weighted by atomic mass is 10.1. The Kier molecular flexibility index (Phi) is 1.90. The molecule has 70 valence electrons. The third-order valence-electron chi connectivity index (χ3n) is 2.40. The van der Waals surface area contributed by atoms with Crippen molar-refractivity contribution in [3.8, 4) is 0 Å². The van der Waals surface area contributed by atoms with Gasteiger partial charge in [0.1, 0.15) is 0 Å². The van der Waals surface area contributed by atoms with E-state index in [4.69, 9.17) is 14.2 Å². The molecule has 0 radical (unpaired) electrons. The standard InChI is InChI=1S/C9H16O3/c1-8(2)7-11-9(12-8)3-5-10-6-4-9/h3-7H2,1-2H3. The third-order valence-corrected chi connectivity index (χ3v) is 2.40. The van der Waals surface area contributed by atoms with Crippen LogP contribution in [0.3, 0.4) is 0 Å². The van der Waals surface area contributed by atoms with Crippen molar-refractivity contribution >= 4 is 0 Å². The van der Waals surface area contributed by atoms with Crippen LogP contribution < -0.4 is 0 Å². The van der Waals surface area contributed by atoms with Gasteiger partial charge in [-0.25, -0.2) is 0 Å². The SMILES string of the molecule is CC1(C)COC2(CCOCC2)O1. The van der Waals surface area contributed by atoms with Crippen molar-refractivity contribution in [1.82, 2.24) is 0 Å². The van der Waals surface area contributed by atoms with Gasteiger partial charge in [-0.2, -0.15) is 0 Å². The quantitative estimate of drug-likeness (QED) is 0.551. The van der Waals surface area contributed by atoms with E-state index < -0.39 is 0 Å². The number of ether oxygens (including phenoxy) is 3. The Morgan fingerprint density at radius 2 is 1.75 bits per heavy atom. The Labute approximate surface area is 73.0 Å². The van der Waals surface area contributed by atoms with Crippen molar-refractivity contribution in [2.24, 2.45) is 0 Å². The molecular formula is C9H16O3. The van der Waals surface area contributed by atoms with Crippen LogP contribution >= 0.6 is 0 Å². The summed E-state index contributed by atoms with van der Waals surface area (Å²) in [5, 5.41) is 0. The lowest BCUT2D eigenvalue weighted by Crippen LogP contribution is -2.39. The van der Waals surface area contributed by atoms with Crippen molar-refractivity contribution in [3.05, 3.63) is 0 Å². The van der Waals surface area contributed by atoms with Gasteiger partial charge in [0.15, 0.2) is 5.79 Å². The molecule has 1 spiro atoms. The molecule has 0 unspecified atom stereocenters. The monoisotopic (exact) mass is 172 g/mol. The van der Waals surface area contributed by atoms with Gasteiger partial charge in [0, 0.05) is 12.8 Å². The van der Waals surface area contributed by atoms with Crippen LogP contribution in [0.15, 0.2) is 0 Å². The molecule has 2 aliphatic heterocycles. The van der Waals surface area contributed by atoms with E-state index in [-0.39, 0.29) is 11.4 Å². The lowest BCUT2D eigenvalue weighted by molar-refractivity contribution is -0.221. The van der Waals surface area contributed by atoms with E-state index in [0.29, 0.717) is 6.61 Å². The summed E-state index contributed by atoms with van der Waals surface area (Å²) >= 11 is 0. The van der Waals surface area contributed by atoms with Gasteiger partial charge in [-0.1, -0.05) is 0 Å². The van der Waals surface area contributed by atoms with E-state index >= 15 is 0 Å². The number of rotatable bonds is 0. The Bertz CT molecular complexity index is 171. The highest BCUT2D eigenvalue weighted by Gasteiger charge is 2.46. The van der Waals surface area contributed by atoms with Crippen LogP contribution in [0.4, 0.5) is 0 Å². The van der Waals surface area contributed by atoms with Crippen molar-refractivity contribution in [2.45, 2.75) is 38.1 Å². The zero-order valence-corrected chi connectivity index (χ0v) is 7.76. The van der Waals surface area contributed by atoms with Gasteiger partial charge in [-0.3, -0.25) is 0 Å². The summed E-state index contributed by atoms with van der Waals surface area (Å²) in [6, 6.07) is 0. The molecule has 0 aromatic heterocycles. The summed E-state index contributed by atoms with van der Waals surface area (Å²) in [7, 11) is 0. The van der Waals surface area contributed by atoms with Crippen LogP contribution in [0.1, 0.15) is 26.7 Å². The predicted molar refractivity (Wildman–Crippen MR) is 43.9 cm³/mol. The molecule has 0 amide bonds. The molecule has 0 saturated carbocycles. The largest absolute Gasteiger partial charge is 0.381 e. The summed E-state index contributed by atoms with van der Waals surface area (Å²) in [5.41, 5.74) is -0.114. The first-order valence-corrected chi connectivity index (χ1v) is 4.54. The van der Waals surface area contributed by atoms with Gasteiger partial charge in [0.25, 0.3) is 0 Å². The highest BCUT2D eigenvalue weighted by atomic mass is 16.8. The normalized spacial score (nSPS) is 32.5. The van der Waals surface area contributed by atoms with Crippen molar-refractivity contribution < 1.29 is 14.2 Å². The molecule has 2 fully saturated rings. The van der Waals surface area contributed by atoms with E-state index in [1.54, 1.807) is 0 Å². The minimum Gasteiger partial charge on any atom is -0.381 e. The molecule has 0 aromatic rings. The van der Waals surface area contributed by atoms with Crippen LogP contribution in [-0.4, -0.2) is 31.2 Å². The molecule has 0 aromatic carbocycles. The molecule has 3 heteroatoms. The second kappa shape index (κ2) is 2.69. The first-order valence-electron chi connectivity index (χ1n) is 4.54. The number of hydrogen-bond donors (Lipinski definition) is 0. The molecule has 0 aliphatic carbocycles. The maximum Gasteiger partial charge on any atom is 0.173 e. The molecule has 0 bridgehead atoms. The Morgan fingerprint density at radius 3 is 2.25 bits per heavy atom.